The zero-order chi connectivity index (χ0) is 14.9. The minimum atomic E-state index is -0.875. The molecule has 0 radical (unpaired) electrons. The molecule has 20 heavy (non-hydrogen) atoms. The molecular weight excluding hydrogens is 260 g/mol. The smallest absolute Gasteiger partial charge is 0.407 e. The van der Waals surface area contributed by atoms with E-state index in [2.05, 4.69) is 13.8 Å². The second-order valence-corrected chi connectivity index (χ2v) is 6.25. The zero-order valence-corrected chi connectivity index (χ0v) is 12.5. The Hall–Kier alpha value is -1.30. The Labute approximate surface area is 119 Å². The zero-order valence-electron chi connectivity index (χ0n) is 12.5. The minimum absolute atomic E-state index is 0.0315. The van der Waals surface area contributed by atoms with Gasteiger partial charge in [-0.15, -0.1) is 0 Å². The highest BCUT2D eigenvalue weighted by Crippen LogP contribution is 2.34. The van der Waals surface area contributed by atoms with Gasteiger partial charge in [-0.05, 0) is 18.8 Å². The lowest BCUT2D eigenvalue weighted by Crippen LogP contribution is -2.61. The van der Waals surface area contributed by atoms with Gasteiger partial charge in [0.15, 0.2) is 0 Å². The second-order valence-electron chi connectivity index (χ2n) is 6.25. The van der Waals surface area contributed by atoms with Crippen LogP contribution in [0.2, 0.25) is 0 Å². The standard InChI is InChI=1S/C14H24N2O4/c1-10(2)12-8-16(11(3)17)9-14(20-12)4-6-15(7-5-14)13(18)19/h10,12H,4-9H2,1-3H3,(H,18,19). The van der Waals surface area contributed by atoms with E-state index in [0.717, 1.165) is 0 Å². The summed E-state index contributed by atoms with van der Waals surface area (Å²) in [5.41, 5.74) is -0.370. The number of hydrogen-bond acceptors (Lipinski definition) is 3. The fraction of sp³-hybridized carbons (Fsp3) is 0.857. The number of likely N-dealkylation sites (tertiary alicyclic amines) is 1. The average molecular weight is 284 g/mol. The Morgan fingerprint density at radius 2 is 1.85 bits per heavy atom. The first-order valence-corrected chi connectivity index (χ1v) is 7.24. The number of ether oxygens (including phenoxy) is 1. The van der Waals surface area contributed by atoms with Crippen LogP contribution in [0.5, 0.6) is 0 Å². The van der Waals surface area contributed by atoms with Crippen molar-refractivity contribution in [2.75, 3.05) is 26.2 Å². The van der Waals surface area contributed by atoms with E-state index in [-0.39, 0.29) is 17.6 Å². The van der Waals surface area contributed by atoms with Gasteiger partial charge in [-0.1, -0.05) is 13.8 Å². The summed E-state index contributed by atoms with van der Waals surface area (Å²) in [5.74, 6) is 0.408. The molecule has 0 saturated carbocycles. The van der Waals surface area contributed by atoms with Gasteiger partial charge < -0.3 is 19.6 Å². The summed E-state index contributed by atoms with van der Waals surface area (Å²) in [5, 5.41) is 9.03. The number of morpholine rings is 1. The normalized spacial score (nSPS) is 26.1. The van der Waals surface area contributed by atoms with Crippen molar-refractivity contribution in [3.63, 3.8) is 0 Å². The van der Waals surface area contributed by atoms with Crippen LogP contribution in [-0.2, 0) is 9.53 Å². The van der Waals surface area contributed by atoms with Crippen molar-refractivity contribution in [1.82, 2.24) is 9.80 Å². The second kappa shape index (κ2) is 5.60. The van der Waals surface area contributed by atoms with Crippen LogP contribution in [0.15, 0.2) is 0 Å². The lowest BCUT2D eigenvalue weighted by molar-refractivity contribution is -0.190. The maximum atomic E-state index is 11.7. The van der Waals surface area contributed by atoms with E-state index < -0.39 is 6.09 Å². The predicted molar refractivity (Wildman–Crippen MR) is 73.5 cm³/mol. The van der Waals surface area contributed by atoms with Crippen LogP contribution in [0.25, 0.3) is 0 Å². The van der Waals surface area contributed by atoms with Gasteiger partial charge in [0, 0.05) is 33.1 Å². The molecule has 0 aliphatic carbocycles. The molecule has 0 aromatic heterocycles. The summed E-state index contributed by atoms with van der Waals surface area (Å²) in [6, 6.07) is 0. The molecule has 114 valence electrons. The van der Waals surface area contributed by atoms with E-state index in [0.29, 0.717) is 44.9 Å². The van der Waals surface area contributed by atoms with Crippen LogP contribution >= 0.6 is 0 Å². The van der Waals surface area contributed by atoms with Crippen LogP contribution in [0.1, 0.15) is 33.6 Å². The van der Waals surface area contributed by atoms with Gasteiger partial charge in [-0.3, -0.25) is 4.79 Å². The Bertz CT molecular complexity index is 389. The largest absolute Gasteiger partial charge is 0.465 e. The topological polar surface area (TPSA) is 70.1 Å². The molecule has 2 aliphatic rings. The van der Waals surface area contributed by atoms with Crippen molar-refractivity contribution in [3.8, 4) is 0 Å². The third-order valence-corrected chi connectivity index (χ3v) is 4.41. The van der Waals surface area contributed by atoms with E-state index in [1.165, 1.54) is 4.90 Å². The fourth-order valence-electron chi connectivity index (χ4n) is 2.99. The average Bonchev–Trinajstić information content (AvgIpc) is 2.38. The third-order valence-electron chi connectivity index (χ3n) is 4.41. The summed E-state index contributed by atoms with van der Waals surface area (Å²) >= 11 is 0. The number of rotatable bonds is 1. The van der Waals surface area contributed by atoms with Crippen LogP contribution < -0.4 is 0 Å². The van der Waals surface area contributed by atoms with Crippen LogP contribution in [0.4, 0.5) is 4.79 Å². The quantitative estimate of drug-likeness (QED) is 0.790. The Kier molecular flexibility index (Phi) is 4.22. The number of hydrogen-bond donors (Lipinski definition) is 1. The van der Waals surface area contributed by atoms with Crippen molar-refractivity contribution in [1.29, 1.82) is 0 Å². The van der Waals surface area contributed by atoms with Crippen LogP contribution in [-0.4, -0.2) is 64.8 Å². The number of piperidine rings is 1. The molecule has 2 aliphatic heterocycles. The number of carbonyl (C=O) groups excluding carboxylic acids is 1. The molecule has 0 bridgehead atoms. The lowest BCUT2D eigenvalue weighted by atomic mass is 9.87. The van der Waals surface area contributed by atoms with Crippen molar-refractivity contribution in [2.45, 2.75) is 45.3 Å². The summed E-state index contributed by atoms with van der Waals surface area (Å²) in [6.07, 6.45) is 0.474. The maximum absolute atomic E-state index is 11.7. The molecule has 2 saturated heterocycles. The van der Waals surface area contributed by atoms with Crippen molar-refractivity contribution in [3.05, 3.63) is 0 Å². The first-order chi connectivity index (χ1) is 9.33. The van der Waals surface area contributed by atoms with Crippen LogP contribution in [0.3, 0.4) is 0 Å². The Morgan fingerprint density at radius 3 is 2.30 bits per heavy atom. The van der Waals surface area contributed by atoms with E-state index in [9.17, 15) is 9.59 Å². The fourth-order valence-corrected chi connectivity index (χ4v) is 2.99. The number of amides is 2. The lowest BCUT2D eigenvalue weighted by Gasteiger charge is -2.50. The van der Waals surface area contributed by atoms with Crippen molar-refractivity contribution >= 4 is 12.0 Å². The Balaban J connectivity index is 2.10. The van der Waals surface area contributed by atoms with Gasteiger partial charge in [0.1, 0.15) is 0 Å². The van der Waals surface area contributed by atoms with E-state index >= 15 is 0 Å². The van der Waals surface area contributed by atoms with Gasteiger partial charge in [0.05, 0.1) is 11.7 Å². The van der Waals surface area contributed by atoms with Gasteiger partial charge >= 0.3 is 6.09 Å². The summed E-state index contributed by atoms with van der Waals surface area (Å²) < 4.78 is 6.27. The van der Waals surface area contributed by atoms with E-state index in [4.69, 9.17) is 9.84 Å². The molecule has 1 unspecified atom stereocenters. The molecule has 1 spiro atoms. The SMILES string of the molecule is CC(=O)N1CC(C(C)C)OC2(CCN(C(=O)O)CC2)C1. The molecule has 0 aromatic rings. The highest BCUT2D eigenvalue weighted by Gasteiger charge is 2.44. The first-order valence-electron chi connectivity index (χ1n) is 7.24. The van der Waals surface area contributed by atoms with Gasteiger partial charge in [-0.25, -0.2) is 4.79 Å². The van der Waals surface area contributed by atoms with Gasteiger partial charge in [0.2, 0.25) is 5.91 Å². The number of carbonyl (C=O) groups is 2. The third kappa shape index (κ3) is 3.06. The molecule has 2 amide bonds. The predicted octanol–water partition coefficient (Wildman–Crippen LogP) is 1.40. The molecule has 2 rings (SSSR count). The Morgan fingerprint density at radius 1 is 1.25 bits per heavy atom. The first kappa shape index (κ1) is 15.1. The summed E-state index contributed by atoms with van der Waals surface area (Å²) in [7, 11) is 0. The molecule has 2 fully saturated rings. The van der Waals surface area contributed by atoms with E-state index in [1.807, 2.05) is 4.90 Å². The molecule has 1 N–H and O–H groups in total. The monoisotopic (exact) mass is 284 g/mol. The molecule has 0 aromatic carbocycles. The van der Waals surface area contributed by atoms with Gasteiger partial charge in [0.25, 0.3) is 0 Å². The van der Waals surface area contributed by atoms with Gasteiger partial charge in [-0.2, -0.15) is 0 Å². The van der Waals surface area contributed by atoms with E-state index in [1.54, 1.807) is 6.92 Å². The van der Waals surface area contributed by atoms with Crippen molar-refractivity contribution in [2.24, 2.45) is 5.92 Å². The molecule has 6 heteroatoms. The number of nitrogens with zero attached hydrogens (tertiary/aromatic N) is 2. The molecular formula is C14H24N2O4. The molecule has 1 atom stereocenters. The highest BCUT2D eigenvalue weighted by molar-refractivity contribution is 5.73. The molecule has 6 nitrogen and oxygen atoms in total. The molecule has 2 heterocycles. The summed E-state index contributed by atoms with van der Waals surface area (Å²) in [6.45, 7) is 7.94. The highest BCUT2D eigenvalue weighted by atomic mass is 16.5. The van der Waals surface area contributed by atoms with Crippen LogP contribution in [0, 0.1) is 5.92 Å². The minimum Gasteiger partial charge on any atom is -0.465 e. The number of carboxylic acid groups (broad SMARTS) is 1. The summed E-state index contributed by atoms with van der Waals surface area (Å²) in [4.78, 5) is 26.0. The maximum Gasteiger partial charge on any atom is 0.407 e. The van der Waals surface area contributed by atoms with Crippen molar-refractivity contribution < 1.29 is 19.4 Å².